The van der Waals surface area contributed by atoms with Crippen LogP contribution in [0.3, 0.4) is 0 Å². The smallest absolute Gasteiger partial charge is 0.282 e. The number of nitro benzene ring substituents is 1. The van der Waals surface area contributed by atoms with Crippen molar-refractivity contribution in [3.05, 3.63) is 112 Å². The van der Waals surface area contributed by atoms with Crippen molar-refractivity contribution in [1.82, 2.24) is 0 Å². The monoisotopic (exact) mass is 528 g/mol. The molecule has 4 aromatic carbocycles. The van der Waals surface area contributed by atoms with Crippen LogP contribution in [0.5, 0.6) is 0 Å². The van der Waals surface area contributed by atoms with Gasteiger partial charge >= 0.3 is 0 Å². The summed E-state index contributed by atoms with van der Waals surface area (Å²) in [6.45, 7) is 1.58. The van der Waals surface area contributed by atoms with Gasteiger partial charge < -0.3 is 5.32 Å². The summed E-state index contributed by atoms with van der Waals surface area (Å²) in [7, 11) is 0. The number of para-hydroxylation sites is 1. The maximum absolute atomic E-state index is 12.2. The first kappa shape index (κ1) is 24.0. The number of carbonyl (C=O) groups excluding carboxylic acids is 1. The van der Waals surface area contributed by atoms with Crippen LogP contribution < -0.4 is 5.32 Å². The number of nitrogens with one attached hydrogen (secondary N) is 1. The number of hydrogen-bond donors (Lipinski definition) is 1. The third-order valence-electron chi connectivity index (χ3n) is 7.72. The van der Waals surface area contributed by atoms with Gasteiger partial charge in [-0.05, 0) is 65.4 Å². The molecular weight excluding hydrogens is 504 g/mol. The average molecular weight is 529 g/mol. The molecule has 7 heteroatoms. The number of carbonyl (C=O) groups is 1. The number of nitro groups is 1. The van der Waals surface area contributed by atoms with E-state index in [1.165, 1.54) is 28.1 Å². The van der Waals surface area contributed by atoms with Gasteiger partial charge in [0.25, 0.3) is 5.69 Å². The second-order valence-corrected chi connectivity index (χ2v) is 11.6. The van der Waals surface area contributed by atoms with Crippen molar-refractivity contribution in [2.45, 2.75) is 40.8 Å². The Morgan fingerprint density at radius 2 is 1.76 bits per heavy atom. The molecule has 0 spiro atoms. The minimum absolute atomic E-state index is 0.00135. The van der Waals surface area contributed by atoms with E-state index < -0.39 is 0 Å². The molecule has 5 atom stereocenters. The third-order valence-corrected chi connectivity index (χ3v) is 9.83. The van der Waals surface area contributed by atoms with Gasteiger partial charge in [-0.25, -0.2) is 0 Å². The van der Waals surface area contributed by atoms with Gasteiger partial charge in [0, 0.05) is 28.5 Å². The number of anilines is 1. The van der Waals surface area contributed by atoms with Gasteiger partial charge in [0.15, 0.2) is 5.78 Å². The zero-order valence-corrected chi connectivity index (χ0v) is 21.7. The highest BCUT2D eigenvalue weighted by Gasteiger charge is 2.50. The number of thioether (sulfide) groups is 1. The van der Waals surface area contributed by atoms with Crippen molar-refractivity contribution in [3.63, 3.8) is 0 Å². The lowest BCUT2D eigenvalue weighted by atomic mass is 9.76. The second kappa shape index (κ2) is 9.51. The van der Waals surface area contributed by atoms with E-state index in [1.807, 2.05) is 30.3 Å². The summed E-state index contributed by atoms with van der Waals surface area (Å²) < 4.78 is 0. The highest BCUT2D eigenvalue weighted by molar-refractivity contribution is 8.00. The number of alkyl halides is 1. The molecule has 5 nitrogen and oxygen atoms in total. The summed E-state index contributed by atoms with van der Waals surface area (Å²) in [5.74, 6) is 0.176. The summed E-state index contributed by atoms with van der Waals surface area (Å²) in [4.78, 5) is 24.2. The van der Waals surface area contributed by atoms with E-state index in [-0.39, 0.29) is 44.9 Å². The van der Waals surface area contributed by atoms with Gasteiger partial charge in [-0.15, -0.1) is 23.4 Å². The largest absolute Gasteiger partial charge is 0.378 e. The molecule has 37 heavy (non-hydrogen) atoms. The zero-order chi connectivity index (χ0) is 25.7. The van der Waals surface area contributed by atoms with Crippen molar-refractivity contribution in [2.75, 3.05) is 5.32 Å². The predicted molar refractivity (Wildman–Crippen MR) is 150 cm³/mol. The number of halogens is 1. The van der Waals surface area contributed by atoms with Gasteiger partial charge in [0.1, 0.15) is 0 Å². The Morgan fingerprint density at radius 1 is 1.00 bits per heavy atom. The van der Waals surface area contributed by atoms with Gasteiger partial charge in [-0.2, -0.15) is 0 Å². The maximum atomic E-state index is 12.2. The number of Topliss-reactive ketones (excluding diaryl/α,β-unsaturated/α-hetero) is 1. The van der Waals surface area contributed by atoms with Gasteiger partial charge in [-0.1, -0.05) is 54.6 Å². The van der Waals surface area contributed by atoms with Crippen molar-refractivity contribution >= 4 is 51.3 Å². The van der Waals surface area contributed by atoms with E-state index in [4.69, 9.17) is 11.6 Å². The molecule has 0 saturated heterocycles. The molecule has 0 amide bonds. The number of nitrogens with zero attached hydrogens (tertiary/aromatic N) is 1. The van der Waals surface area contributed by atoms with Gasteiger partial charge in [0.2, 0.25) is 0 Å². The maximum Gasteiger partial charge on any atom is 0.282 e. The van der Waals surface area contributed by atoms with Crippen LogP contribution in [-0.2, 0) is 0 Å². The Bertz CT molecular complexity index is 1540. The molecule has 186 valence electrons. The lowest BCUT2D eigenvalue weighted by Gasteiger charge is -2.39. The van der Waals surface area contributed by atoms with Crippen LogP contribution in [0.25, 0.3) is 10.8 Å². The van der Waals surface area contributed by atoms with Crippen molar-refractivity contribution in [3.8, 4) is 0 Å². The van der Waals surface area contributed by atoms with Gasteiger partial charge in [-0.3, -0.25) is 14.9 Å². The summed E-state index contributed by atoms with van der Waals surface area (Å²) in [6, 6.07) is 27.5. The molecule has 0 bridgehead atoms. The topological polar surface area (TPSA) is 72.2 Å². The molecule has 1 aliphatic heterocycles. The number of rotatable bonds is 5. The van der Waals surface area contributed by atoms with Gasteiger partial charge in [0.05, 0.1) is 21.2 Å². The molecule has 6 rings (SSSR count). The molecule has 1 heterocycles. The van der Waals surface area contributed by atoms with Crippen LogP contribution in [-0.4, -0.2) is 21.3 Å². The average Bonchev–Trinajstić information content (AvgIpc) is 3.23. The fraction of sp³-hybridized carbons (Fsp3) is 0.233. The van der Waals surface area contributed by atoms with Crippen molar-refractivity contribution in [2.24, 2.45) is 5.92 Å². The third kappa shape index (κ3) is 4.18. The molecular formula is C30H25ClN2O3S. The molecule has 1 saturated carbocycles. The van der Waals surface area contributed by atoms with Crippen molar-refractivity contribution < 1.29 is 9.72 Å². The van der Waals surface area contributed by atoms with Crippen LogP contribution in [0, 0.1) is 16.0 Å². The van der Waals surface area contributed by atoms with E-state index in [9.17, 15) is 14.9 Å². The number of ketones is 1. The van der Waals surface area contributed by atoms with E-state index in [0.29, 0.717) is 10.5 Å². The summed E-state index contributed by atoms with van der Waals surface area (Å²) in [5, 5.41) is 17.6. The molecule has 0 unspecified atom stereocenters. The highest BCUT2D eigenvalue weighted by Crippen LogP contribution is 2.58. The minimum Gasteiger partial charge on any atom is -0.378 e. The lowest BCUT2D eigenvalue weighted by Crippen LogP contribution is -2.31. The first-order valence-electron chi connectivity index (χ1n) is 12.4. The second-order valence-electron chi connectivity index (χ2n) is 9.80. The number of fused-ring (bicyclic) bond motifs is 4. The summed E-state index contributed by atoms with van der Waals surface area (Å²) >= 11 is 8.76. The SMILES string of the molecule is CC(=O)c1ccc2c(c1)[C@@H]1[C@H](Cl)[C@H](Sc3ccccc3[N+](=O)[O-])C[C@H]1[C@H](c1cccc3ccccc13)N2. The quantitative estimate of drug-likeness (QED) is 0.123. The normalized spacial score (nSPS) is 24.2. The Morgan fingerprint density at radius 3 is 2.57 bits per heavy atom. The molecule has 2 aliphatic rings. The zero-order valence-electron chi connectivity index (χ0n) is 20.1. The highest BCUT2D eigenvalue weighted by atomic mass is 35.5. The summed E-state index contributed by atoms with van der Waals surface area (Å²) in [6.07, 6.45) is 0.792. The Kier molecular flexibility index (Phi) is 6.17. The van der Waals surface area contributed by atoms with Crippen LogP contribution in [0.1, 0.15) is 46.8 Å². The Hall–Kier alpha value is -3.35. The molecule has 1 N–H and O–H groups in total. The molecule has 1 fully saturated rings. The standard InChI is InChI=1S/C30H25ClN2O3S/c1-17(34)19-13-14-24-22(15-19)28-23(30(32-24)21-10-6-8-18-7-2-3-9-20(18)21)16-27(29(28)31)37-26-12-5-4-11-25(26)33(35)36/h2-15,23,27-30,32H,16H2,1H3/t23-,27-,28+,29-,30+/m1/s1. The van der Waals surface area contributed by atoms with Crippen LogP contribution >= 0.6 is 23.4 Å². The van der Waals surface area contributed by atoms with E-state index in [1.54, 1.807) is 25.1 Å². The molecule has 0 radical (unpaired) electrons. The molecule has 1 aliphatic carbocycles. The summed E-state index contributed by atoms with van der Waals surface area (Å²) in [5.41, 5.74) is 4.04. The van der Waals surface area contributed by atoms with Crippen LogP contribution in [0.2, 0.25) is 0 Å². The molecule has 0 aromatic heterocycles. The fourth-order valence-corrected chi connectivity index (χ4v) is 7.98. The Labute approximate surface area is 224 Å². The fourth-order valence-electron chi connectivity index (χ4n) is 6.04. The van der Waals surface area contributed by atoms with E-state index >= 15 is 0 Å². The van der Waals surface area contributed by atoms with Crippen molar-refractivity contribution in [1.29, 1.82) is 0 Å². The minimum atomic E-state index is -0.331. The van der Waals surface area contributed by atoms with E-state index in [0.717, 1.165) is 17.7 Å². The van der Waals surface area contributed by atoms with Crippen LogP contribution in [0.4, 0.5) is 11.4 Å². The lowest BCUT2D eigenvalue weighted by molar-refractivity contribution is -0.387. The molecule has 4 aromatic rings. The van der Waals surface area contributed by atoms with Crippen LogP contribution in [0.15, 0.2) is 89.8 Å². The Balaban J connectivity index is 1.46. The van der Waals surface area contributed by atoms with E-state index in [2.05, 4.69) is 41.7 Å². The number of benzene rings is 4. The first-order chi connectivity index (χ1) is 17.9. The predicted octanol–water partition coefficient (Wildman–Crippen LogP) is 7.99. The number of hydrogen-bond acceptors (Lipinski definition) is 5. The first-order valence-corrected chi connectivity index (χ1v) is 13.7.